The molecule has 1 saturated heterocycles. The van der Waals surface area contributed by atoms with Gasteiger partial charge in [0.1, 0.15) is 11.0 Å². The molecule has 2 unspecified atom stereocenters. The molecule has 0 N–H and O–H groups in total. The molecule has 0 aromatic heterocycles. The third kappa shape index (κ3) is 3.94. The number of methoxy groups -OCH3 is 1. The van der Waals surface area contributed by atoms with Gasteiger partial charge < -0.3 is 9.47 Å². The summed E-state index contributed by atoms with van der Waals surface area (Å²) in [5, 5.41) is 0. The molecule has 0 amide bonds. The van der Waals surface area contributed by atoms with Crippen LogP contribution in [0.1, 0.15) is 18.1 Å². The van der Waals surface area contributed by atoms with Crippen molar-refractivity contribution in [3.05, 3.63) is 77.9 Å². The Kier molecular flexibility index (Phi) is 6.44. The molecule has 0 spiro atoms. The van der Waals surface area contributed by atoms with Crippen LogP contribution >= 0.6 is 0 Å². The summed E-state index contributed by atoms with van der Waals surface area (Å²) in [6.45, 7) is 4.31. The lowest BCUT2D eigenvalue weighted by Gasteiger charge is -2.15. The zero-order chi connectivity index (χ0) is 20.1. The Morgan fingerprint density at radius 1 is 1.18 bits per heavy atom. The van der Waals surface area contributed by atoms with Crippen molar-refractivity contribution in [3.63, 3.8) is 0 Å². The molecular weight excluding hydrogens is 374 g/mol. The van der Waals surface area contributed by atoms with Gasteiger partial charge in [-0.1, -0.05) is 60.2 Å². The molecule has 0 bridgehead atoms. The molecule has 1 aliphatic rings. The number of nitrogens with zero attached hydrogens (tertiary/aromatic N) is 1. The molecule has 0 radical (unpaired) electrons. The second-order valence-electron chi connectivity index (χ2n) is 6.75. The number of ether oxygens (including phenoxy) is 2. The van der Waals surface area contributed by atoms with Gasteiger partial charge >= 0.3 is 5.97 Å². The number of benzene rings is 2. The van der Waals surface area contributed by atoms with Gasteiger partial charge in [0, 0.05) is 0 Å². The van der Waals surface area contributed by atoms with Crippen molar-refractivity contribution in [1.82, 2.24) is 4.31 Å². The lowest BCUT2D eigenvalue weighted by molar-refractivity contribution is -0.146. The maximum absolute atomic E-state index is 13.2. The Balaban J connectivity index is 1.83. The van der Waals surface area contributed by atoms with Gasteiger partial charge in [-0.2, -0.15) is 4.31 Å². The molecule has 1 aliphatic heterocycles. The normalized spacial score (nSPS) is 24.8. The molecule has 148 valence electrons. The molecule has 28 heavy (non-hydrogen) atoms. The number of hydrogen-bond donors (Lipinski definition) is 0. The summed E-state index contributed by atoms with van der Waals surface area (Å²) in [4.78, 5) is 13.4. The van der Waals surface area contributed by atoms with E-state index in [0.717, 1.165) is 11.1 Å². The van der Waals surface area contributed by atoms with Gasteiger partial charge in [-0.3, -0.25) is 0 Å². The highest BCUT2D eigenvalue weighted by molar-refractivity contribution is 7.83. The molecule has 6 heteroatoms. The van der Waals surface area contributed by atoms with Crippen LogP contribution in [0.5, 0.6) is 0 Å². The van der Waals surface area contributed by atoms with E-state index in [9.17, 15) is 9.00 Å². The van der Waals surface area contributed by atoms with Crippen LogP contribution in [0, 0.1) is 6.92 Å². The highest BCUT2D eigenvalue weighted by Gasteiger charge is 2.71. The average Bonchev–Trinajstić information content (AvgIpc) is 3.36. The predicted octanol–water partition coefficient (Wildman–Crippen LogP) is 3.41. The van der Waals surface area contributed by atoms with Crippen molar-refractivity contribution >= 4 is 17.0 Å². The number of esters is 1. The van der Waals surface area contributed by atoms with E-state index in [1.807, 2.05) is 80.6 Å². The van der Waals surface area contributed by atoms with Gasteiger partial charge in [0.2, 0.25) is 0 Å². The Morgan fingerprint density at radius 2 is 1.86 bits per heavy atom. The van der Waals surface area contributed by atoms with E-state index in [1.54, 1.807) is 4.31 Å². The molecule has 1 fully saturated rings. The molecule has 5 nitrogen and oxygen atoms in total. The van der Waals surface area contributed by atoms with Crippen molar-refractivity contribution in [3.8, 4) is 0 Å². The minimum absolute atomic E-state index is 0.0984. The number of aryl methyl sites for hydroxylation is 1. The largest absolute Gasteiger partial charge is 0.467 e. The number of hydrogen-bond acceptors (Lipinski definition) is 4. The van der Waals surface area contributed by atoms with Crippen LogP contribution in [0.4, 0.5) is 0 Å². The van der Waals surface area contributed by atoms with Crippen molar-refractivity contribution in [1.29, 1.82) is 0 Å². The first-order valence-corrected chi connectivity index (χ1v) is 10.3. The average molecular weight is 400 g/mol. The van der Waals surface area contributed by atoms with Gasteiger partial charge in [-0.15, -0.1) is 0 Å². The molecule has 2 aromatic rings. The van der Waals surface area contributed by atoms with E-state index in [1.165, 1.54) is 7.11 Å². The van der Waals surface area contributed by atoms with Crippen molar-refractivity contribution in [2.45, 2.75) is 36.9 Å². The monoisotopic (exact) mass is 399 g/mol. The van der Waals surface area contributed by atoms with E-state index in [-0.39, 0.29) is 12.6 Å². The molecule has 0 aliphatic carbocycles. The lowest BCUT2D eigenvalue weighted by Crippen LogP contribution is -2.37. The van der Waals surface area contributed by atoms with Crippen molar-refractivity contribution in [2.24, 2.45) is 0 Å². The highest BCUT2D eigenvalue weighted by Crippen LogP contribution is 2.46. The zero-order valence-electron chi connectivity index (χ0n) is 16.3. The Morgan fingerprint density at radius 3 is 2.46 bits per heavy atom. The fourth-order valence-electron chi connectivity index (χ4n) is 3.26. The lowest BCUT2D eigenvalue weighted by atomic mass is 10.1. The van der Waals surface area contributed by atoms with E-state index in [2.05, 4.69) is 0 Å². The zero-order valence-corrected chi connectivity index (χ0v) is 17.1. The van der Waals surface area contributed by atoms with Crippen molar-refractivity contribution < 1.29 is 18.5 Å². The van der Waals surface area contributed by atoms with Gasteiger partial charge in [-0.25, -0.2) is 9.00 Å². The molecule has 0 saturated carbocycles. The van der Waals surface area contributed by atoms with Crippen LogP contribution in [0.15, 0.2) is 71.6 Å². The number of carbonyl (C=O) groups excluding carboxylic acids is 1. The number of rotatable bonds is 8. The third-order valence-corrected chi connectivity index (χ3v) is 6.40. The SMILES string of the molecule is C/C=C/[C@@H]1N(S(=O)c2ccc(C)cc2)[C@]1(COCc1ccccc1)C(=O)OC. The fourth-order valence-corrected chi connectivity index (χ4v) is 4.79. The summed E-state index contributed by atoms with van der Waals surface area (Å²) in [6, 6.07) is 16.9. The summed E-state index contributed by atoms with van der Waals surface area (Å²) >= 11 is 0. The minimum atomic E-state index is -1.50. The molecule has 4 atom stereocenters. The predicted molar refractivity (Wildman–Crippen MR) is 109 cm³/mol. The summed E-state index contributed by atoms with van der Waals surface area (Å²) in [6.07, 6.45) is 3.72. The second kappa shape index (κ2) is 8.82. The molecule has 1 heterocycles. The first-order chi connectivity index (χ1) is 13.5. The van der Waals surface area contributed by atoms with Crippen LogP contribution in [0.25, 0.3) is 0 Å². The van der Waals surface area contributed by atoms with Crippen LogP contribution in [-0.4, -0.2) is 39.8 Å². The summed E-state index contributed by atoms with van der Waals surface area (Å²) in [5.74, 6) is -0.441. The van der Waals surface area contributed by atoms with E-state index < -0.39 is 22.5 Å². The summed E-state index contributed by atoms with van der Waals surface area (Å²) < 4.78 is 25.8. The van der Waals surface area contributed by atoms with Gasteiger partial charge in [0.05, 0.1) is 31.3 Å². The third-order valence-electron chi connectivity index (χ3n) is 4.82. The van der Waals surface area contributed by atoms with Gasteiger partial charge in [-0.05, 0) is 31.5 Å². The maximum Gasteiger partial charge on any atom is 0.331 e. The van der Waals surface area contributed by atoms with E-state index in [0.29, 0.717) is 11.5 Å². The summed E-state index contributed by atoms with van der Waals surface area (Å²) in [7, 11) is -0.156. The standard InChI is InChI=1S/C22H25NO4S/c1-4-8-20-22(21(24)26-3,16-27-15-18-9-6-5-7-10-18)23(20)28(25)19-13-11-17(2)12-14-19/h4-14,20H,15-16H2,1-3H3/b8-4+/t20-,22-,23?,28?/m0/s1. The van der Waals surface area contributed by atoms with Crippen LogP contribution in [0.3, 0.4) is 0 Å². The van der Waals surface area contributed by atoms with E-state index in [4.69, 9.17) is 9.47 Å². The van der Waals surface area contributed by atoms with Crippen LogP contribution < -0.4 is 0 Å². The fraction of sp³-hybridized carbons (Fsp3) is 0.318. The van der Waals surface area contributed by atoms with Crippen LogP contribution in [-0.2, 0) is 31.9 Å². The Bertz CT molecular complexity index is 866. The van der Waals surface area contributed by atoms with Crippen LogP contribution in [0.2, 0.25) is 0 Å². The second-order valence-corrected chi connectivity index (χ2v) is 8.12. The number of carbonyl (C=O) groups is 1. The summed E-state index contributed by atoms with van der Waals surface area (Å²) in [5.41, 5.74) is 1.00. The van der Waals surface area contributed by atoms with Gasteiger partial charge in [0.25, 0.3) is 0 Å². The smallest absolute Gasteiger partial charge is 0.331 e. The highest BCUT2D eigenvalue weighted by atomic mass is 32.2. The Labute approximate surface area is 168 Å². The molecule has 2 aromatic carbocycles. The molecule has 3 rings (SSSR count). The number of allylic oxidation sites excluding steroid dienone is 1. The first-order valence-electron chi connectivity index (χ1n) is 9.15. The molecular formula is C22H25NO4S. The van der Waals surface area contributed by atoms with Crippen molar-refractivity contribution in [2.75, 3.05) is 13.7 Å². The minimum Gasteiger partial charge on any atom is -0.467 e. The topological polar surface area (TPSA) is 55.6 Å². The quantitative estimate of drug-likeness (QED) is 0.388. The maximum atomic E-state index is 13.2. The van der Waals surface area contributed by atoms with E-state index >= 15 is 0 Å². The Hall–Kier alpha value is -2.28. The first kappa shape index (κ1) is 20.5. The van der Waals surface area contributed by atoms with Gasteiger partial charge in [0.15, 0.2) is 5.54 Å².